The van der Waals surface area contributed by atoms with Gasteiger partial charge in [0, 0.05) is 18.3 Å². The van der Waals surface area contributed by atoms with Crippen LogP contribution in [0.1, 0.15) is 5.56 Å². The summed E-state index contributed by atoms with van der Waals surface area (Å²) in [6, 6.07) is 15.8. The highest BCUT2D eigenvalue weighted by atomic mass is 32.2. The van der Waals surface area contributed by atoms with Gasteiger partial charge in [0.05, 0.1) is 12.9 Å². The highest BCUT2D eigenvalue weighted by Crippen LogP contribution is 2.29. The van der Waals surface area contributed by atoms with Crippen LogP contribution >= 0.6 is 11.8 Å². The van der Waals surface area contributed by atoms with E-state index in [0.717, 1.165) is 28.4 Å². The number of hydrogen-bond donors (Lipinski definition) is 1. The van der Waals surface area contributed by atoms with E-state index >= 15 is 0 Å². The van der Waals surface area contributed by atoms with Crippen molar-refractivity contribution in [3.05, 3.63) is 54.1 Å². The Bertz CT molecular complexity index is 906. The van der Waals surface area contributed by atoms with E-state index in [1.165, 1.54) is 11.8 Å². The van der Waals surface area contributed by atoms with Crippen LogP contribution in [0.4, 0.5) is 0 Å². The average molecular weight is 368 g/mol. The van der Waals surface area contributed by atoms with E-state index in [1.807, 2.05) is 54.0 Å². The molecule has 134 valence electrons. The number of benzene rings is 2. The van der Waals surface area contributed by atoms with E-state index < -0.39 is 0 Å². The molecule has 26 heavy (non-hydrogen) atoms. The molecule has 3 aromatic rings. The molecule has 0 saturated carbocycles. The number of aromatic nitrogens is 3. The van der Waals surface area contributed by atoms with E-state index in [-0.39, 0.29) is 11.7 Å². The largest absolute Gasteiger partial charge is 0.497 e. The molecule has 0 aliphatic rings. The predicted molar refractivity (Wildman–Crippen MR) is 103 cm³/mol. The lowest BCUT2D eigenvalue weighted by Gasteiger charge is -2.11. The van der Waals surface area contributed by atoms with E-state index in [2.05, 4.69) is 21.6 Å². The van der Waals surface area contributed by atoms with Gasteiger partial charge in [0.1, 0.15) is 5.75 Å². The smallest absolute Gasteiger partial charge is 0.230 e. The van der Waals surface area contributed by atoms with Crippen LogP contribution < -0.4 is 10.1 Å². The molecule has 0 unspecified atom stereocenters. The van der Waals surface area contributed by atoms with Crippen molar-refractivity contribution in [1.29, 1.82) is 0 Å². The molecular weight excluding hydrogens is 348 g/mol. The fraction of sp³-hybridized carbons (Fsp3) is 0.211. The lowest BCUT2D eigenvalue weighted by molar-refractivity contribution is -0.118. The van der Waals surface area contributed by atoms with Gasteiger partial charge in [-0.15, -0.1) is 10.2 Å². The van der Waals surface area contributed by atoms with Gasteiger partial charge in [0.25, 0.3) is 0 Å². The number of nitrogens with zero attached hydrogens (tertiary/aromatic N) is 3. The Kier molecular flexibility index (Phi) is 5.58. The molecule has 1 amide bonds. The number of rotatable bonds is 6. The Balaban J connectivity index is 2.06. The van der Waals surface area contributed by atoms with Crippen molar-refractivity contribution >= 4 is 17.7 Å². The summed E-state index contributed by atoms with van der Waals surface area (Å²) in [6.45, 7) is 2.04. The molecule has 0 aliphatic carbocycles. The molecule has 0 saturated heterocycles. The lowest BCUT2D eigenvalue weighted by Crippen LogP contribution is -2.20. The molecule has 3 rings (SSSR count). The molecule has 0 spiro atoms. The average Bonchev–Trinajstić information content (AvgIpc) is 3.10. The van der Waals surface area contributed by atoms with E-state index in [1.54, 1.807) is 14.2 Å². The Labute approximate surface area is 156 Å². The van der Waals surface area contributed by atoms with Crippen LogP contribution in [0.2, 0.25) is 0 Å². The standard InChI is InChI=1S/C19H20N4O2S/c1-13-5-4-6-14(11-13)18-21-22-19(26-12-17(24)20-2)23(18)15-7-9-16(25-3)10-8-15/h4-11H,12H2,1-3H3,(H,20,24). The second kappa shape index (κ2) is 8.05. The van der Waals surface area contributed by atoms with Crippen molar-refractivity contribution in [1.82, 2.24) is 20.1 Å². The summed E-state index contributed by atoms with van der Waals surface area (Å²) >= 11 is 1.35. The summed E-state index contributed by atoms with van der Waals surface area (Å²) in [7, 11) is 3.26. The van der Waals surface area contributed by atoms with Crippen molar-refractivity contribution in [2.24, 2.45) is 0 Å². The van der Waals surface area contributed by atoms with Gasteiger partial charge < -0.3 is 10.1 Å². The summed E-state index contributed by atoms with van der Waals surface area (Å²) in [5.74, 6) is 1.73. The number of ether oxygens (including phenoxy) is 1. The molecule has 1 heterocycles. The maximum atomic E-state index is 11.6. The first-order valence-corrected chi connectivity index (χ1v) is 9.11. The van der Waals surface area contributed by atoms with Crippen molar-refractivity contribution in [3.8, 4) is 22.8 Å². The SMILES string of the molecule is CNC(=O)CSc1nnc(-c2cccc(C)c2)n1-c1ccc(OC)cc1. The molecule has 0 fully saturated rings. The number of carbonyl (C=O) groups is 1. The minimum atomic E-state index is -0.0589. The molecule has 6 nitrogen and oxygen atoms in total. The van der Waals surface area contributed by atoms with Gasteiger partial charge in [-0.1, -0.05) is 35.5 Å². The number of aryl methyl sites for hydroxylation is 1. The number of amides is 1. The van der Waals surface area contributed by atoms with Crippen LogP contribution in [-0.4, -0.2) is 40.6 Å². The molecule has 2 aromatic carbocycles. The molecule has 0 radical (unpaired) electrons. The van der Waals surface area contributed by atoms with Crippen LogP contribution in [0, 0.1) is 6.92 Å². The van der Waals surface area contributed by atoms with Gasteiger partial charge in [-0.2, -0.15) is 0 Å². The Morgan fingerprint density at radius 1 is 1.19 bits per heavy atom. The first-order chi connectivity index (χ1) is 12.6. The maximum absolute atomic E-state index is 11.6. The summed E-state index contributed by atoms with van der Waals surface area (Å²) in [4.78, 5) is 11.6. The zero-order valence-corrected chi connectivity index (χ0v) is 15.7. The number of methoxy groups -OCH3 is 1. The fourth-order valence-corrected chi connectivity index (χ4v) is 3.32. The summed E-state index contributed by atoms with van der Waals surface area (Å²) in [5, 5.41) is 12.0. The van der Waals surface area contributed by atoms with Gasteiger partial charge in [-0.25, -0.2) is 0 Å². The maximum Gasteiger partial charge on any atom is 0.230 e. The minimum Gasteiger partial charge on any atom is -0.497 e. The third kappa shape index (κ3) is 3.88. The van der Waals surface area contributed by atoms with Crippen LogP contribution in [0.25, 0.3) is 17.1 Å². The predicted octanol–water partition coefficient (Wildman–Crippen LogP) is 3.09. The highest BCUT2D eigenvalue weighted by Gasteiger charge is 2.17. The molecule has 0 atom stereocenters. The van der Waals surface area contributed by atoms with Crippen molar-refractivity contribution in [3.63, 3.8) is 0 Å². The first-order valence-electron chi connectivity index (χ1n) is 8.12. The number of hydrogen-bond acceptors (Lipinski definition) is 5. The van der Waals surface area contributed by atoms with Crippen LogP contribution in [-0.2, 0) is 4.79 Å². The first kappa shape index (κ1) is 18.0. The zero-order chi connectivity index (χ0) is 18.5. The normalized spacial score (nSPS) is 10.6. The lowest BCUT2D eigenvalue weighted by atomic mass is 10.1. The number of thioether (sulfide) groups is 1. The molecule has 0 aliphatic heterocycles. The van der Waals surface area contributed by atoms with Gasteiger partial charge in [-0.05, 0) is 37.3 Å². The van der Waals surface area contributed by atoms with Crippen LogP contribution in [0.5, 0.6) is 5.75 Å². The molecule has 0 bridgehead atoms. The Morgan fingerprint density at radius 3 is 2.62 bits per heavy atom. The van der Waals surface area contributed by atoms with E-state index in [0.29, 0.717) is 5.16 Å². The van der Waals surface area contributed by atoms with Crippen molar-refractivity contribution in [2.45, 2.75) is 12.1 Å². The number of nitrogens with one attached hydrogen (secondary N) is 1. The van der Waals surface area contributed by atoms with Gasteiger partial charge in [0.2, 0.25) is 5.91 Å². The van der Waals surface area contributed by atoms with Gasteiger partial charge in [0.15, 0.2) is 11.0 Å². The van der Waals surface area contributed by atoms with Gasteiger partial charge >= 0.3 is 0 Å². The zero-order valence-electron chi connectivity index (χ0n) is 14.9. The molecule has 7 heteroatoms. The number of carbonyl (C=O) groups excluding carboxylic acids is 1. The van der Waals surface area contributed by atoms with Crippen LogP contribution in [0.15, 0.2) is 53.7 Å². The Morgan fingerprint density at radius 2 is 1.96 bits per heavy atom. The fourth-order valence-electron chi connectivity index (χ4n) is 2.50. The minimum absolute atomic E-state index is 0.0589. The summed E-state index contributed by atoms with van der Waals surface area (Å²) < 4.78 is 7.20. The topological polar surface area (TPSA) is 69.0 Å². The van der Waals surface area contributed by atoms with E-state index in [9.17, 15) is 4.79 Å². The third-order valence-corrected chi connectivity index (χ3v) is 4.78. The molecule has 1 aromatic heterocycles. The monoisotopic (exact) mass is 368 g/mol. The molecule has 1 N–H and O–H groups in total. The van der Waals surface area contributed by atoms with Crippen molar-refractivity contribution in [2.75, 3.05) is 19.9 Å². The second-order valence-corrected chi connectivity index (χ2v) is 6.61. The van der Waals surface area contributed by atoms with Crippen LogP contribution in [0.3, 0.4) is 0 Å². The summed E-state index contributed by atoms with van der Waals surface area (Å²) in [5.41, 5.74) is 3.03. The highest BCUT2D eigenvalue weighted by molar-refractivity contribution is 7.99. The van der Waals surface area contributed by atoms with E-state index in [4.69, 9.17) is 4.74 Å². The second-order valence-electron chi connectivity index (χ2n) is 5.67. The van der Waals surface area contributed by atoms with Gasteiger partial charge in [-0.3, -0.25) is 9.36 Å². The van der Waals surface area contributed by atoms with Crippen molar-refractivity contribution < 1.29 is 9.53 Å². The Hall–Kier alpha value is -2.80. The molecular formula is C19H20N4O2S. The quantitative estimate of drug-likeness (QED) is 0.677. The third-order valence-electron chi connectivity index (χ3n) is 3.85. The summed E-state index contributed by atoms with van der Waals surface area (Å²) in [6.07, 6.45) is 0.